The van der Waals surface area contributed by atoms with Crippen LogP contribution in [0.4, 0.5) is 5.69 Å². The molecule has 0 saturated heterocycles. The maximum absolute atomic E-state index is 12.2. The number of benzene rings is 1. The molecule has 116 valence electrons. The lowest BCUT2D eigenvalue weighted by Gasteiger charge is -2.33. The van der Waals surface area contributed by atoms with Crippen molar-refractivity contribution in [2.75, 3.05) is 18.1 Å². The number of ether oxygens (including phenoxy) is 1. The van der Waals surface area contributed by atoms with Crippen molar-refractivity contribution in [1.82, 2.24) is 0 Å². The van der Waals surface area contributed by atoms with E-state index in [0.717, 1.165) is 24.8 Å². The third-order valence-electron chi connectivity index (χ3n) is 3.81. The maximum atomic E-state index is 12.2. The fourth-order valence-corrected chi connectivity index (χ4v) is 2.58. The minimum absolute atomic E-state index is 0.0410. The van der Waals surface area contributed by atoms with E-state index in [2.05, 4.69) is 6.92 Å². The number of β-amino-alcohol motifs (C(OH)–C–C–N with tert-alkyl or cyclic N) is 1. The first kappa shape index (κ1) is 15.8. The molecule has 3 N–H and O–H groups in total. The van der Waals surface area contributed by atoms with Gasteiger partial charge in [0.25, 0.3) is 5.91 Å². The molecule has 5 nitrogen and oxygen atoms in total. The molecule has 2 rings (SSSR count). The number of nitrogens with zero attached hydrogens (tertiary/aromatic N) is 1. The number of hydrogen-bond donors (Lipinski definition) is 2. The Morgan fingerprint density at radius 3 is 2.90 bits per heavy atom. The molecule has 1 aliphatic heterocycles. The summed E-state index contributed by atoms with van der Waals surface area (Å²) < 4.78 is 5.62. The first-order valence-electron chi connectivity index (χ1n) is 7.57. The molecule has 0 aliphatic carbocycles. The van der Waals surface area contributed by atoms with Crippen molar-refractivity contribution in [1.29, 1.82) is 0 Å². The molecule has 0 fully saturated rings. The zero-order valence-electron chi connectivity index (χ0n) is 12.7. The first-order valence-corrected chi connectivity index (χ1v) is 7.57. The summed E-state index contributed by atoms with van der Waals surface area (Å²) in [6.45, 7) is 4.05. The monoisotopic (exact) mass is 292 g/mol. The molecule has 0 saturated carbocycles. The van der Waals surface area contributed by atoms with Crippen molar-refractivity contribution >= 4 is 11.6 Å². The van der Waals surface area contributed by atoms with E-state index in [0.29, 0.717) is 11.4 Å². The van der Waals surface area contributed by atoms with E-state index in [-0.39, 0.29) is 25.1 Å². The molecular formula is C16H24N2O3. The number of hydrogen-bond acceptors (Lipinski definition) is 4. The lowest BCUT2D eigenvalue weighted by atomic mass is 10.00. The molecule has 0 spiro atoms. The molecule has 1 amide bonds. The number of aliphatic hydroxyl groups excluding tert-OH is 1. The summed E-state index contributed by atoms with van der Waals surface area (Å²) in [5.74, 6) is 0.540. The van der Waals surface area contributed by atoms with E-state index in [9.17, 15) is 9.90 Å². The lowest BCUT2D eigenvalue weighted by molar-refractivity contribution is -0.125. The Morgan fingerprint density at radius 1 is 1.48 bits per heavy atom. The van der Waals surface area contributed by atoms with Crippen molar-refractivity contribution in [3.05, 3.63) is 23.8 Å². The summed E-state index contributed by atoms with van der Waals surface area (Å²) >= 11 is 0. The van der Waals surface area contributed by atoms with Crippen LogP contribution in [0.5, 0.6) is 5.75 Å². The number of anilines is 1. The Labute approximate surface area is 125 Å². The Balaban J connectivity index is 2.30. The lowest BCUT2D eigenvalue weighted by Crippen LogP contribution is -2.45. The number of fused-ring (bicyclic) bond motifs is 1. The van der Waals surface area contributed by atoms with Crippen LogP contribution in [0.25, 0.3) is 0 Å². The number of amides is 1. The van der Waals surface area contributed by atoms with Gasteiger partial charge in [0, 0.05) is 12.6 Å². The van der Waals surface area contributed by atoms with E-state index >= 15 is 0 Å². The highest BCUT2D eigenvalue weighted by atomic mass is 16.5. The number of aliphatic hydroxyl groups is 1. The van der Waals surface area contributed by atoms with Crippen LogP contribution in [0.1, 0.15) is 44.7 Å². The third-order valence-corrected chi connectivity index (χ3v) is 3.81. The highest BCUT2D eigenvalue weighted by Gasteiger charge is 2.31. The Bertz CT molecular complexity index is 504. The summed E-state index contributed by atoms with van der Waals surface area (Å²) in [5.41, 5.74) is 7.90. The standard InChI is InChI=1S/C16H24N2O3/c1-3-4-5-13(17)12-6-7-15-14(10-12)18(8-9-19)16(20)11(2)21-15/h6-7,10-11,13,19H,3-5,8-9,17H2,1-2H3. The quantitative estimate of drug-likeness (QED) is 0.840. The van der Waals surface area contributed by atoms with Gasteiger partial charge in [-0.1, -0.05) is 25.8 Å². The van der Waals surface area contributed by atoms with Gasteiger partial charge in [0.2, 0.25) is 0 Å². The largest absolute Gasteiger partial charge is 0.479 e. The average molecular weight is 292 g/mol. The Kier molecular flexibility index (Phi) is 5.20. The van der Waals surface area contributed by atoms with Crippen LogP contribution >= 0.6 is 0 Å². The van der Waals surface area contributed by atoms with Gasteiger partial charge in [-0.3, -0.25) is 4.79 Å². The molecule has 2 atom stereocenters. The van der Waals surface area contributed by atoms with Gasteiger partial charge in [-0.2, -0.15) is 0 Å². The van der Waals surface area contributed by atoms with Crippen LogP contribution in [0.3, 0.4) is 0 Å². The number of carbonyl (C=O) groups is 1. The van der Waals surface area contributed by atoms with E-state index in [4.69, 9.17) is 10.5 Å². The van der Waals surface area contributed by atoms with Crippen molar-refractivity contribution in [2.45, 2.75) is 45.3 Å². The van der Waals surface area contributed by atoms with Gasteiger partial charge >= 0.3 is 0 Å². The molecule has 5 heteroatoms. The van der Waals surface area contributed by atoms with Gasteiger partial charge in [0.05, 0.1) is 12.3 Å². The summed E-state index contributed by atoms with van der Waals surface area (Å²) in [6, 6.07) is 5.69. The fraction of sp³-hybridized carbons (Fsp3) is 0.562. The second-order valence-corrected chi connectivity index (χ2v) is 5.45. The van der Waals surface area contributed by atoms with Gasteiger partial charge in [-0.05, 0) is 31.0 Å². The molecule has 1 heterocycles. The second-order valence-electron chi connectivity index (χ2n) is 5.45. The van der Waals surface area contributed by atoms with E-state index in [1.54, 1.807) is 11.8 Å². The highest BCUT2D eigenvalue weighted by molar-refractivity contribution is 5.99. The normalized spacial score (nSPS) is 19.1. The molecule has 1 aromatic carbocycles. The van der Waals surface area contributed by atoms with Gasteiger partial charge in [0.15, 0.2) is 6.10 Å². The third kappa shape index (κ3) is 3.36. The Morgan fingerprint density at radius 2 is 2.24 bits per heavy atom. The average Bonchev–Trinajstić information content (AvgIpc) is 2.49. The molecule has 0 aromatic heterocycles. The minimum Gasteiger partial charge on any atom is -0.479 e. The van der Waals surface area contributed by atoms with Crippen LogP contribution in [0.15, 0.2) is 18.2 Å². The van der Waals surface area contributed by atoms with E-state index < -0.39 is 6.10 Å². The summed E-state index contributed by atoms with van der Waals surface area (Å²) in [5, 5.41) is 9.18. The number of nitrogens with two attached hydrogens (primary N) is 1. The van der Waals surface area contributed by atoms with Crippen molar-refractivity contribution in [3.63, 3.8) is 0 Å². The zero-order valence-corrected chi connectivity index (χ0v) is 12.7. The van der Waals surface area contributed by atoms with Gasteiger partial charge in [-0.15, -0.1) is 0 Å². The SMILES string of the molecule is CCCCC(N)c1ccc2c(c1)N(CCO)C(=O)C(C)O2. The summed E-state index contributed by atoms with van der Waals surface area (Å²) in [4.78, 5) is 13.8. The van der Waals surface area contributed by atoms with Crippen LogP contribution in [-0.2, 0) is 4.79 Å². The van der Waals surface area contributed by atoms with Crippen LogP contribution in [0, 0.1) is 0 Å². The van der Waals surface area contributed by atoms with E-state index in [1.807, 2.05) is 18.2 Å². The Hall–Kier alpha value is -1.59. The topological polar surface area (TPSA) is 75.8 Å². The van der Waals surface area contributed by atoms with E-state index in [1.165, 1.54) is 0 Å². The van der Waals surface area contributed by atoms with Crippen LogP contribution < -0.4 is 15.4 Å². The van der Waals surface area contributed by atoms with Crippen LogP contribution in [-0.4, -0.2) is 30.3 Å². The fourth-order valence-electron chi connectivity index (χ4n) is 2.58. The highest BCUT2D eigenvalue weighted by Crippen LogP contribution is 2.36. The summed E-state index contributed by atoms with van der Waals surface area (Å²) in [6.07, 6.45) is 2.57. The molecule has 0 bridgehead atoms. The molecule has 21 heavy (non-hydrogen) atoms. The molecule has 1 aromatic rings. The zero-order chi connectivity index (χ0) is 15.4. The predicted molar refractivity (Wildman–Crippen MR) is 82.4 cm³/mol. The van der Waals surface area contributed by atoms with Crippen molar-refractivity contribution in [2.24, 2.45) is 5.73 Å². The smallest absolute Gasteiger partial charge is 0.267 e. The first-order chi connectivity index (χ1) is 10.1. The number of carbonyl (C=O) groups excluding carboxylic acids is 1. The second kappa shape index (κ2) is 6.91. The maximum Gasteiger partial charge on any atom is 0.267 e. The van der Waals surface area contributed by atoms with Gasteiger partial charge in [0.1, 0.15) is 5.75 Å². The molecule has 2 unspecified atom stereocenters. The molecule has 0 radical (unpaired) electrons. The van der Waals surface area contributed by atoms with Crippen LogP contribution in [0.2, 0.25) is 0 Å². The van der Waals surface area contributed by atoms with Crippen molar-refractivity contribution < 1.29 is 14.6 Å². The van der Waals surface area contributed by atoms with Gasteiger partial charge < -0.3 is 20.5 Å². The number of rotatable bonds is 6. The minimum atomic E-state index is -0.524. The molecule has 1 aliphatic rings. The molecular weight excluding hydrogens is 268 g/mol. The summed E-state index contributed by atoms with van der Waals surface area (Å²) in [7, 11) is 0. The number of unbranched alkanes of at least 4 members (excludes halogenated alkanes) is 1. The predicted octanol–water partition coefficient (Wildman–Crippen LogP) is 1.98. The van der Waals surface area contributed by atoms with Crippen molar-refractivity contribution in [3.8, 4) is 5.75 Å². The van der Waals surface area contributed by atoms with Gasteiger partial charge in [-0.25, -0.2) is 0 Å².